The Bertz CT molecular complexity index is 1280. The third-order valence-electron chi connectivity index (χ3n) is 8.58. The minimum atomic E-state index is -7.55. The van der Waals surface area contributed by atoms with Gasteiger partial charge in [-0.3, -0.25) is 9.29 Å². The highest BCUT2D eigenvalue weighted by atomic mass is 32.2. The van der Waals surface area contributed by atoms with Crippen LogP contribution in [-0.4, -0.2) is 71.5 Å². The van der Waals surface area contributed by atoms with Crippen LogP contribution >= 0.6 is 0 Å². The van der Waals surface area contributed by atoms with E-state index in [1.807, 2.05) is 0 Å². The summed E-state index contributed by atoms with van der Waals surface area (Å²) in [5.41, 5.74) is -24.3. The van der Waals surface area contributed by atoms with Gasteiger partial charge in [0.25, 0.3) is 5.85 Å². The zero-order valence-corrected chi connectivity index (χ0v) is 27.8. The van der Waals surface area contributed by atoms with Crippen LogP contribution in [-0.2, 0) is 19.6 Å². The molecule has 0 saturated heterocycles. The number of rotatable bonds is 14. The SMILES string of the molecule is CC(C)C(F)(F)C(F)(F)C(C)(C)C(C)(C)C(F)(OC(F)(F)C(F)(C(F)(F)F)C(C)(C)OC(F)(F)C(F)(F)S(=O)(=O)O)C(F)(F)C(C)(C)C. The molecule has 2 unspecified atom stereocenters. The summed E-state index contributed by atoms with van der Waals surface area (Å²) in [7, 11) is -7.40. The Kier molecular flexibility index (Phi) is 11.5. The van der Waals surface area contributed by atoms with Gasteiger partial charge in [0.05, 0.1) is 0 Å². The van der Waals surface area contributed by atoms with Gasteiger partial charge in [0.1, 0.15) is 5.60 Å². The minimum Gasteiger partial charge on any atom is -0.304 e. The van der Waals surface area contributed by atoms with Gasteiger partial charge in [0.2, 0.25) is 0 Å². The normalized spacial score (nSPS) is 19.0. The van der Waals surface area contributed by atoms with E-state index in [2.05, 4.69) is 9.47 Å². The summed E-state index contributed by atoms with van der Waals surface area (Å²) < 4.78 is 290. The summed E-state index contributed by atoms with van der Waals surface area (Å²) >= 11 is 0. The summed E-state index contributed by atoms with van der Waals surface area (Å²) in [6, 6.07) is 0. The van der Waals surface area contributed by atoms with E-state index < -0.39 is 105 Å². The second-order valence-electron chi connectivity index (χ2n) is 13.9. The Morgan fingerprint density at radius 3 is 1.17 bits per heavy atom. The highest BCUT2D eigenvalue weighted by Gasteiger charge is 2.87. The maximum atomic E-state index is 17.0. The molecule has 0 saturated carbocycles. The average Bonchev–Trinajstić information content (AvgIpc) is 2.79. The van der Waals surface area contributed by atoms with Crippen LogP contribution in [0.2, 0.25) is 0 Å². The van der Waals surface area contributed by atoms with Crippen molar-refractivity contribution in [3.05, 3.63) is 0 Å². The van der Waals surface area contributed by atoms with Gasteiger partial charge in [0.15, 0.2) is 0 Å². The molecule has 5 nitrogen and oxygen atoms in total. The van der Waals surface area contributed by atoms with E-state index in [4.69, 9.17) is 4.55 Å². The minimum absolute atomic E-state index is 0.102. The molecular weight excluding hydrogens is 735 g/mol. The summed E-state index contributed by atoms with van der Waals surface area (Å²) in [4.78, 5) is 0. The van der Waals surface area contributed by atoms with Crippen LogP contribution in [0.5, 0.6) is 0 Å². The second-order valence-corrected chi connectivity index (χ2v) is 15.4. The Balaban J connectivity index is 8.14. The van der Waals surface area contributed by atoms with Gasteiger partial charge in [-0.2, -0.15) is 74.3 Å². The Morgan fingerprint density at radius 2 is 0.896 bits per heavy atom. The van der Waals surface area contributed by atoms with Gasteiger partial charge in [-0.05, 0) is 13.8 Å². The first kappa shape index (κ1) is 46.6. The van der Waals surface area contributed by atoms with Crippen molar-refractivity contribution in [1.82, 2.24) is 0 Å². The highest BCUT2D eigenvalue weighted by Crippen LogP contribution is 2.68. The van der Waals surface area contributed by atoms with Crippen LogP contribution in [0.3, 0.4) is 0 Å². The van der Waals surface area contributed by atoms with Crippen molar-refractivity contribution in [3.63, 3.8) is 0 Å². The van der Waals surface area contributed by atoms with Crippen LogP contribution in [0, 0.1) is 22.2 Å². The molecule has 0 amide bonds. The summed E-state index contributed by atoms with van der Waals surface area (Å²) in [6.07, 6.45) is -22.1. The smallest absolute Gasteiger partial charge is 0.304 e. The number of hydrogen-bond donors (Lipinski definition) is 1. The Hall–Kier alpha value is -1.36. The first-order chi connectivity index (χ1) is 20.1. The predicted octanol–water partition coefficient (Wildman–Crippen LogP) is 10.1. The molecular formula is C25H35F17O5S. The van der Waals surface area contributed by atoms with Gasteiger partial charge in [-0.15, -0.1) is 0 Å². The molecule has 0 fully saturated rings. The standard InChI is InChI=1S/C25H35F17O5S/c1-12(2)17(26,27)20(31,32)14(6,7)15(8,9)21(33,19(29,30)13(3,4)5)47-23(37,38)18(28,22(34,35)36)16(10,11)46-24(39,40)25(41,42)48(43,44)45/h12H,1-11H3,(H,43,44,45). The van der Waals surface area contributed by atoms with E-state index in [0.29, 0.717) is 13.8 Å². The molecule has 0 bridgehead atoms. The third-order valence-corrected chi connectivity index (χ3v) is 9.46. The number of halogens is 17. The maximum absolute atomic E-state index is 17.0. The van der Waals surface area contributed by atoms with E-state index in [-0.39, 0.29) is 48.5 Å². The van der Waals surface area contributed by atoms with Crippen LogP contribution in [0.15, 0.2) is 0 Å². The van der Waals surface area contributed by atoms with E-state index >= 15 is 35.1 Å². The van der Waals surface area contributed by atoms with Crippen LogP contribution in [0.25, 0.3) is 0 Å². The topological polar surface area (TPSA) is 72.8 Å². The molecule has 0 spiro atoms. The molecule has 0 rings (SSSR count). The molecule has 2 atom stereocenters. The molecule has 0 aromatic carbocycles. The predicted molar refractivity (Wildman–Crippen MR) is 133 cm³/mol. The van der Waals surface area contributed by atoms with E-state index in [0.717, 1.165) is 0 Å². The van der Waals surface area contributed by atoms with E-state index in [1.165, 1.54) is 0 Å². The Morgan fingerprint density at radius 1 is 0.542 bits per heavy atom. The van der Waals surface area contributed by atoms with Crippen molar-refractivity contribution in [2.45, 2.75) is 135 Å². The molecule has 48 heavy (non-hydrogen) atoms. The van der Waals surface area contributed by atoms with Crippen molar-refractivity contribution in [2.24, 2.45) is 22.2 Å². The number of alkyl halides is 17. The first-order valence-corrected chi connectivity index (χ1v) is 14.6. The molecule has 0 aromatic rings. The quantitative estimate of drug-likeness (QED) is 0.141. The van der Waals surface area contributed by atoms with Gasteiger partial charge in [0, 0.05) is 22.2 Å². The van der Waals surface area contributed by atoms with Crippen LogP contribution in [0.4, 0.5) is 74.6 Å². The maximum Gasteiger partial charge on any atom is 0.459 e. The van der Waals surface area contributed by atoms with Crippen LogP contribution in [0.1, 0.15) is 76.2 Å². The zero-order valence-electron chi connectivity index (χ0n) is 27.0. The lowest BCUT2D eigenvalue weighted by Gasteiger charge is -2.58. The number of ether oxygens (including phenoxy) is 2. The van der Waals surface area contributed by atoms with Crippen molar-refractivity contribution in [1.29, 1.82) is 0 Å². The largest absolute Gasteiger partial charge is 0.459 e. The molecule has 0 radical (unpaired) electrons. The first-order valence-electron chi connectivity index (χ1n) is 13.2. The van der Waals surface area contributed by atoms with Crippen molar-refractivity contribution < 1.29 is 97.1 Å². The fourth-order valence-corrected chi connectivity index (χ4v) is 4.69. The van der Waals surface area contributed by atoms with E-state index in [9.17, 15) is 47.9 Å². The van der Waals surface area contributed by atoms with Crippen molar-refractivity contribution in [2.75, 3.05) is 0 Å². The molecule has 0 aliphatic heterocycles. The summed E-state index contributed by atoms with van der Waals surface area (Å²) in [6.45, 7) is -0.661. The van der Waals surface area contributed by atoms with Gasteiger partial charge in [-0.1, -0.05) is 62.3 Å². The molecule has 0 aliphatic carbocycles. The molecule has 23 heteroatoms. The Labute approximate surface area is 264 Å². The molecule has 290 valence electrons. The highest BCUT2D eigenvalue weighted by molar-refractivity contribution is 7.86. The summed E-state index contributed by atoms with van der Waals surface area (Å²) in [5, 5.41) is -7.03. The van der Waals surface area contributed by atoms with Crippen molar-refractivity contribution in [3.8, 4) is 0 Å². The fraction of sp³-hybridized carbons (Fsp3) is 1.00. The lowest BCUT2D eigenvalue weighted by Crippen LogP contribution is -2.76. The van der Waals surface area contributed by atoms with Crippen LogP contribution < -0.4 is 0 Å². The van der Waals surface area contributed by atoms with E-state index in [1.54, 1.807) is 0 Å². The van der Waals surface area contributed by atoms with Gasteiger partial charge < -0.3 is 4.74 Å². The van der Waals surface area contributed by atoms with Gasteiger partial charge in [-0.25, -0.2) is 8.78 Å². The summed E-state index contributed by atoms with van der Waals surface area (Å²) in [5.74, 6) is -25.5. The molecule has 0 heterocycles. The molecule has 0 aliphatic rings. The van der Waals surface area contributed by atoms with Crippen molar-refractivity contribution >= 4 is 10.1 Å². The molecule has 0 aromatic heterocycles. The fourth-order valence-electron chi connectivity index (χ4n) is 4.34. The molecule has 1 N–H and O–H groups in total. The number of hydrogen-bond acceptors (Lipinski definition) is 4. The lowest BCUT2D eigenvalue weighted by atomic mass is 9.55. The average molecular weight is 771 g/mol. The lowest BCUT2D eigenvalue weighted by molar-refractivity contribution is -0.507. The monoisotopic (exact) mass is 770 g/mol. The third kappa shape index (κ3) is 6.36. The second kappa shape index (κ2) is 11.8. The van der Waals surface area contributed by atoms with Gasteiger partial charge >= 0.3 is 57.2 Å². The zero-order chi connectivity index (χ0) is 40.0.